The van der Waals surface area contributed by atoms with Gasteiger partial charge in [-0.05, 0) is 48.9 Å². The third kappa shape index (κ3) is 4.74. The number of hydrogen-bond acceptors (Lipinski definition) is 3. The zero-order valence-electron chi connectivity index (χ0n) is 18.4. The first-order chi connectivity index (χ1) is 15.6. The van der Waals surface area contributed by atoms with Crippen molar-refractivity contribution < 1.29 is 14.3 Å². The van der Waals surface area contributed by atoms with Crippen molar-refractivity contribution in [1.29, 1.82) is 0 Å². The molecule has 2 aromatic carbocycles. The van der Waals surface area contributed by atoms with Crippen LogP contribution in [-0.4, -0.2) is 42.1 Å². The van der Waals surface area contributed by atoms with E-state index in [0.29, 0.717) is 25.4 Å². The monoisotopic (exact) mass is 433 g/mol. The summed E-state index contributed by atoms with van der Waals surface area (Å²) in [5.41, 5.74) is 1.61. The molecule has 1 saturated heterocycles. The van der Waals surface area contributed by atoms with Gasteiger partial charge in [-0.1, -0.05) is 36.4 Å². The lowest BCUT2D eigenvalue weighted by molar-refractivity contribution is -0.122. The number of benzene rings is 2. The Balaban J connectivity index is 1.23. The number of carbonyl (C=O) groups is 2. The van der Waals surface area contributed by atoms with Gasteiger partial charge in [0.25, 0.3) is 0 Å². The van der Waals surface area contributed by atoms with Crippen LogP contribution in [0.15, 0.2) is 54.6 Å². The van der Waals surface area contributed by atoms with E-state index in [1.807, 2.05) is 53.4 Å². The van der Waals surface area contributed by atoms with Crippen LogP contribution in [-0.2, 0) is 4.79 Å². The average Bonchev–Trinajstić information content (AvgIpc) is 3.63. The molecule has 1 unspecified atom stereocenters. The first kappa shape index (κ1) is 20.9. The summed E-state index contributed by atoms with van der Waals surface area (Å²) in [4.78, 5) is 27.2. The number of carbonyl (C=O) groups excluding carboxylic acids is 2. The van der Waals surface area contributed by atoms with Gasteiger partial charge in [0.1, 0.15) is 11.4 Å². The maximum absolute atomic E-state index is 12.7. The molecule has 3 amide bonds. The van der Waals surface area contributed by atoms with E-state index in [9.17, 15) is 9.59 Å². The number of para-hydroxylation sites is 2. The van der Waals surface area contributed by atoms with E-state index in [1.54, 1.807) is 0 Å². The summed E-state index contributed by atoms with van der Waals surface area (Å²) in [6.07, 6.45) is 5.31. The minimum Gasteiger partial charge on any atom is -0.487 e. The molecule has 32 heavy (non-hydrogen) atoms. The molecule has 3 aliphatic rings. The Bertz CT molecular complexity index is 965. The second-order valence-electron chi connectivity index (χ2n) is 9.46. The zero-order chi connectivity index (χ0) is 22.0. The van der Waals surface area contributed by atoms with Crippen LogP contribution >= 0.6 is 0 Å². The summed E-state index contributed by atoms with van der Waals surface area (Å²) in [5, 5.41) is 6.09. The minimum absolute atomic E-state index is 0.0711. The number of urea groups is 1. The minimum atomic E-state index is -0.320. The highest BCUT2D eigenvalue weighted by Gasteiger charge is 2.44. The Hall–Kier alpha value is -3.02. The molecular weight excluding hydrogens is 402 g/mol. The fourth-order valence-electron chi connectivity index (χ4n) is 4.95. The SMILES string of the molecule is O=C(CC1CC2(CCN(C(=O)Nc3ccccc3)CC2)Oc2ccccc21)NCC1CC1. The summed E-state index contributed by atoms with van der Waals surface area (Å²) < 4.78 is 6.54. The van der Waals surface area contributed by atoms with Gasteiger partial charge < -0.3 is 20.3 Å². The predicted molar refractivity (Wildman–Crippen MR) is 124 cm³/mol. The fraction of sp³-hybridized carbons (Fsp3) is 0.462. The van der Waals surface area contributed by atoms with Crippen LogP contribution in [0.1, 0.15) is 50.0 Å². The molecule has 0 bridgehead atoms. The number of fused-ring (bicyclic) bond motifs is 1. The molecule has 2 aromatic rings. The lowest BCUT2D eigenvalue weighted by Crippen LogP contribution is -2.52. The van der Waals surface area contributed by atoms with E-state index < -0.39 is 0 Å². The molecule has 1 aliphatic carbocycles. The highest BCUT2D eigenvalue weighted by Crippen LogP contribution is 2.46. The number of ether oxygens (including phenoxy) is 1. The Labute approximate surface area is 189 Å². The van der Waals surface area contributed by atoms with Crippen molar-refractivity contribution in [3.63, 3.8) is 0 Å². The highest BCUT2D eigenvalue weighted by molar-refractivity contribution is 5.89. The van der Waals surface area contributed by atoms with Gasteiger partial charge in [0.2, 0.25) is 5.91 Å². The summed E-state index contributed by atoms with van der Waals surface area (Å²) >= 11 is 0. The normalized spacial score (nSPS) is 21.4. The van der Waals surface area contributed by atoms with Gasteiger partial charge in [-0.2, -0.15) is 0 Å². The number of nitrogens with zero attached hydrogens (tertiary/aromatic N) is 1. The van der Waals surface area contributed by atoms with Crippen molar-refractivity contribution >= 4 is 17.6 Å². The van der Waals surface area contributed by atoms with E-state index in [1.165, 1.54) is 12.8 Å². The molecule has 2 N–H and O–H groups in total. The molecule has 6 nitrogen and oxygen atoms in total. The number of rotatable bonds is 5. The first-order valence-electron chi connectivity index (χ1n) is 11.8. The maximum atomic E-state index is 12.7. The molecular formula is C26H31N3O3. The summed E-state index contributed by atoms with van der Waals surface area (Å²) in [6, 6.07) is 17.6. The standard InChI is InChI=1S/C26H31N3O3/c30-24(27-18-19-10-11-19)16-20-17-26(32-23-9-5-4-8-22(20)23)12-14-29(15-13-26)25(31)28-21-6-2-1-3-7-21/h1-9,19-20H,10-18H2,(H,27,30)(H,28,31). The molecule has 168 valence electrons. The van der Waals surface area contributed by atoms with Crippen LogP contribution in [0.2, 0.25) is 0 Å². The van der Waals surface area contributed by atoms with E-state index >= 15 is 0 Å². The maximum Gasteiger partial charge on any atom is 0.321 e. The smallest absolute Gasteiger partial charge is 0.321 e. The largest absolute Gasteiger partial charge is 0.487 e. The van der Waals surface area contributed by atoms with Gasteiger partial charge >= 0.3 is 6.03 Å². The number of piperidine rings is 1. The molecule has 2 heterocycles. The molecule has 1 spiro atoms. The van der Waals surface area contributed by atoms with Gasteiger partial charge in [0, 0.05) is 50.5 Å². The molecule has 1 atom stereocenters. The Morgan fingerprint density at radius 3 is 2.47 bits per heavy atom. The van der Waals surface area contributed by atoms with E-state index in [-0.39, 0.29) is 23.5 Å². The van der Waals surface area contributed by atoms with Crippen LogP contribution in [0.4, 0.5) is 10.5 Å². The van der Waals surface area contributed by atoms with Gasteiger partial charge in [0.05, 0.1) is 0 Å². The lowest BCUT2D eigenvalue weighted by atomic mass is 9.76. The van der Waals surface area contributed by atoms with Crippen LogP contribution in [0, 0.1) is 5.92 Å². The molecule has 0 aromatic heterocycles. The number of hydrogen-bond donors (Lipinski definition) is 2. The summed E-state index contributed by atoms with van der Waals surface area (Å²) in [6.45, 7) is 2.09. The average molecular weight is 434 g/mol. The number of anilines is 1. The van der Waals surface area contributed by atoms with Gasteiger partial charge in [-0.15, -0.1) is 0 Å². The molecule has 2 aliphatic heterocycles. The van der Waals surface area contributed by atoms with Gasteiger partial charge in [-0.25, -0.2) is 4.79 Å². The Morgan fingerprint density at radius 1 is 1.00 bits per heavy atom. The Kier molecular flexibility index (Phi) is 5.77. The van der Waals surface area contributed by atoms with Crippen molar-refractivity contribution in [2.75, 3.05) is 25.0 Å². The van der Waals surface area contributed by atoms with Crippen molar-refractivity contribution in [2.45, 2.75) is 50.0 Å². The molecule has 0 radical (unpaired) electrons. The third-order valence-corrected chi connectivity index (χ3v) is 7.01. The van der Waals surface area contributed by atoms with Crippen molar-refractivity contribution in [1.82, 2.24) is 10.2 Å². The highest BCUT2D eigenvalue weighted by atomic mass is 16.5. The van der Waals surface area contributed by atoms with Gasteiger partial charge in [0.15, 0.2) is 0 Å². The Morgan fingerprint density at radius 2 is 1.72 bits per heavy atom. The van der Waals surface area contributed by atoms with E-state index in [4.69, 9.17) is 4.74 Å². The van der Waals surface area contributed by atoms with Gasteiger partial charge in [-0.3, -0.25) is 4.79 Å². The van der Waals surface area contributed by atoms with Crippen LogP contribution in [0.3, 0.4) is 0 Å². The number of amides is 3. The summed E-state index contributed by atoms with van der Waals surface area (Å²) in [7, 11) is 0. The predicted octanol–water partition coefficient (Wildman–Crippen LogP) is 4.54. The number of likely N-dealkylation sites (tertiary alicyclic amines) is 1. The van der Waals surface area contributed by atoms with Crippen LogP contribution < -0.4 is 15.4 Å². The molecule has 5 rings (SSSR count). The second-order valence-corrected chi connectivity index (χ2v) is 9.46. The van der Waals surface area contributed by atoms with Crippen LogP contribution in [0.25, 0.3) is 0 Å². The van der Waals surface area contributed by atoms with Crippen molar-refractivity contribution in [3.8, 4) is 5.75 Å². The quantitative estimate of drug-likeness (QED) is 0.728. The molecule has 2 fully saturated rings. The fourth-order valence-corrected chi connectivity index (χ4v) is 4.95. The van der Waals surface area contributed by atoms with Crippen molar-refractivity contribution in [3.05, 3.63) is 60.2 Å². The topological polar surface area (TPSA) is 70.7 Å². The molecule has 1 saturated carbocycles. The van der Waals surface area contributed by atoms with Crippen molar-refractivity contribution in [2.24, 2.45) is 5.92 Å². The third-order valence-electron chi connectivity index (χ3n) is 7.01. The van der Waals surface area contributed by atoms with Crippen LogP contribution in [0.5, 0.6) is 5.75 Å². The number of nitrogens with one attached hydrogen (secondary N) is 2. The lowest BCUT2D eigenvalue weighted by Gasteiger charge is -2.46. The molecule has 6 heteroatoms. The van der Waals surface area contributed by atoms with E-state index in [2.05, 4.69) is 16.7 Å². The second kappa shape index (κ2) is 8.85. The zero-order valence-corrected chi connectivity index (χ0v) is 18.4. The van der Waals surface area contributed by atoms with E-state index in [0.717, 1.165) is 42.8 Å². The summed E-state index contributed by atoms with van der Waals surface area (Å²) in [5.74, 6) is 1.84. The first-order valence-corrected chi connectivity index (χ1v) is 11.8.